The smallest absolute Gasteiger partial charge is 0.128 e. The lowest BCUT2D eigenvalue weighted by Crippen LogP contribution is -2.41. The van der Waals surface area contributed by atoms with Crippen molar-refractivity contribution in [2.75, 3.05) is 18.6 Å². The zero-order valence-electron chi connectivity index (χ0n) is 13.5. The third-order valence-electron chi connectivity index (χ3n) is 4.24. The minimum absolute atomic E-state index is 0.0810. The van der Waals surface area contributed by atoms with Crippen molar-refractivity contribution in [3.63, 3.8) is 0 Å². The average Bonchev–Trinajstić information content (AvgIpc) is 2.57. The van der Waals surface area contributed by atoms with E-state index in [2.05, 4.69) is 12.6 Å². The first-order chi connectivity index (χ1) is 11.5. The predicted octanol–water partition coefficient (Wildman–Crippen LogP) is 2.96. The lowest BCUT2D eigenvalue weighted by atomic mass is 9.94. The molecule has 1 aliphatic heterocycles. The van der Waals surface area contributed by atoms with Crippen LogP contribution in [0.15, 0.2) is 48.7 Å². The topological polar surface area (TPSA) is 55.8 Å². The van der Waals surface area contributed by atoms with Crippen LogP contribution in [0.25, 0.3) is 11.1 Å². The Labute approximate surface area is 146 Å². The van der Waals surface area contributed by atoms with Gasteiger partial charge in [-0.15, -0.1) is 12.3 Å². The molecule has 24 heavy (non-hydrogen) atoms. The number of benzene rings is 2. The minimum atomic E-state index is -0.686. The average molecular weight is 345 g/mol. The quantitative estimate of drug-likeness (QED) is 0.866. The van der Waals surface area contributed by atoms with Gasteiger partial charge in [0.05, 0.1) is 7.11 Å². The van der Waals surface area contributed by atoms with E-state index in [1.807, 2.05) is 30.3 Å². The molecule has 4 nitrogen and oxygen atoms in total. The molecule has 2 aromatic rings. The van der Waals surface area contributed by atoms with Gasteiger partial charge >= 0.3 is 0 Å². The maximum absolute atomic E-state index is 11.4. The van der Waals surface area contributed by atoms with Crippen molar-refractivity contribution in [3.05, 3.63) is 59.3 Å². The molecular weight excluding hydrogens is 326 g/mol. The largest absolute Gasteiger partial charge is 0.875 e. The van der Waals surface area contributed by atoms with Crippen LogP contribution in [0.2, 0.25) is 5.02 Å². The lowest BCUT2D eigenvalue weighted by molar-refractivity contribution is -0.303. The molecule has 0 aliphatic carbocycles. The standard InChI is InChI=1S/C19H20ClNO3/c1-12(22)11-21-17-10-18(24-2)16(9-14(17)5-8-19(21)23)13-3-6-15(20)7-4-13/h3-4,6-7,9-10,19,22-23H,1,5,8,11H2,2H3/p-1. The molecule has 5 heteroatoms. The van der Waals surface area contributed by atoms with E-state index in [0.717, 1.165) is 28.8 Å². The molecule has 126 valence electrons. The first kappa shape index (κ1) is 16.7. The van der Waals surface area contributed by atoms with Crippen LogP contribution in [-0.2, 0) is 6.42 Å². The number of ether oxygens (including phenoxy) is 1. The summed E-state index contributed by atoms with van der Waals surface area (Å²) in [6, 6.07) is 11.5. The van der Waals surface area contributed by atoms with Gasteiger partial charge in [0.15, 0.2) is 0 Å². The fourth-order valence-corrected chi connectivity index (χ4v) is 3.21. The third kappa shape index (κ3) is 3.21. The summed E-state index contributed by atoms with van der Waals surface area (Å²) in [5, 5.41) is 22.3. The second-order valence-electron chi connectivity index (χ2n) is 5.87. The van der Waals surface area contributed by atoms with E-state index in [4.69, 9.17) is 16.3 Å². The van der Waals surface area contributed by atoms with Gasteiger partial charge in [0, 0.05) is 28.9 Å². The molecule has 1 heterocycles. The SMILES string of the molecule is C=C([O-])CN1c2cc(OC)c(-c3ccc(Cl)cc3)cc2CCC1O. The van der Waals surface area contributed by atoms with Crippen molar-refractivity contribution in [1.82, 2.24) is 0 Å². The number of aliphatic hydroxyl groups is 1. The second-order valence-corrected chi connectivity index (χ2v) is 6.31. The van der Waals surface area contributed by atoms with E-state index in [9.17, 15) is 10.2 Å². The Morgan fingerprint density at radius 2 is 2.08 bits per heavy atom. The Bertz CT molecular complexity index is 758. The molecule has 0 fully saturated rings. The Morgan fingerprint density at radius 1 is 1.38 bits per heavy atom. The molecule has 1 aliphatic rings. The number of rotatable bonds is 4. The van der Waals surface area contributed by atoms with Gasteiger partial charge in [-0.05, 0) is 42.2 Å². The molecular formula is C19H19ClNO3-. The van der Waals surface area contributed by atoms with Crippen molar-refractivity contribution in [2.24, 2.45) is 0 Å². The van der Waals surface area contributed by atoms with E-state index in [1.165, 1.54) is 0 Å². The van der Waals surface area contributed by atoms with Crippen LogP contribution in [0, 0.1) is 0 Å². The molecule has 0 radical (unpaired) electrons. The van der Waals surface area contributed by atoms with Crippen LogP contribution >= 0.6 is 11.6 Å². The fourth-order valence-electron chi connectivity index (χ4n) is 3.09. The number of aliphatic hydroxyl groups excluding tert-OH is 1. The Hall–Kier alpha value is -2.17. The summed E-state index contributed by atoms with van der Waals surface area (Å²) in [5.41, 5.74) is 3.86. The summed E-state index contributed by atoms with van der Waals surface area (Å²) >= 11 is 5.97. The van der Waals surface area contributed by atoms with Gasteiger partial charge in [-0.1, -0.05) is 23.7 Å². The number of aryl methyl sites for hydroxylation is 1. The summed E-state index contributed by atoms with van der Waals surface area (Å²) in [6.45, 7) is 3.50. The first-order valence-corrected chi connectivity index (χ1v) is 8.13. The van der Waals surface area contributed by atoms with Crippen LogP contribution < -0.4 is 14.7 Å². The van der Waals surface area contributed by atoms with Gasteiger partial charge in [0.1, 0.15) is 12.0 Å². The van der Waals surface area contributed by atoms with Crippen LogP contribution in [0.4, 0.5) is 5.69 Å². The Morgan fingerprint density at radius 3 is 2.71 bits per heavy atom. The molecule has 0 saturated carbocycles. The van der Waals surface area contributed by atoms with E-state index in [-0.39, 0.29) is 12.3 Å². The van der Waals surface area contributed by atoms with Crippen molar-refractivity contribution in [1.29, 1.82) is 0 Å². The predicted molar refractivity (Wildman–Crippen MR) is 94.3 cm³/mol. The highest BCUT2D eigenvalue weighted by Crippen LogP contribution is 2.40. The van der Waals surface area contributed by atoms with Crippen LogP contribution in [0.5, 0.6) is 5.75 Å². The van der Waals surface area contributed by atoms with Gasteiger partial charge in [0.25, 0.3) is 0 Å². The molecule has 1 N–H and O–H groups in total. The highest BCUT2D eigenvalue weighted by atomic mass is 35.5. The summed E-state index contributed by atoms with van der Waals surface area (Å²) in [7, 11) is 1.61. The zero-order valence-corrected chi connectivity index (χ0v) is 14.2. The first-order valence-electron chi connectivity index (χ1n) is 7.76. The van der Waals surface area contributed by atoms with Crippen LogP contribution in [-0.4, -0.2) is 25.0 Å². The molecule has 2 aromatic carbocycles. The number of hydrogen-bond donors (Lipinski definition) is 1. The number of hydrogen-bond acceptors (Lipinski definition) is 4. The summed E-state index contributed by atoms with van der Waals surface area (Å²) in [6.07, 6.45) is 0.629. The van der Waals surface area contributed by atoms with E-state index < -0.39 is 6.23 Å². The number of anilines is 1. The molecule has 0 amide bonds. The molecule has 1 atom stereocenters. The maximum atomic E-state index is 11.4. The Kier molecular flexibility index (Phi) is 4.69. The number of halogens is 1. The van der Waals surface area contributed by atoms with Gasteiger partial charge in [-0.2, -0.15) is 0 Å². The maximum Gasteiger partial charge on any atom is 0.128 e. The number of nitrogens with zero attached hydrogens (tertiary/aromatic N) is 1. The van der Waals surface area contributed by atoms with Crippen molar-refractivity contribution < 1.29 is 14.9 Å². The third-order valence-corrected chi connectivity index (χ3v) is 4.50. The Balaban J connectivity index is 2.09. The molecule has 0 aromatic heterocycles. The number of methoxy groups -OCH3 is 1. The van der Waals surface area contributed by atoms with Gasteiger partial charge in [-0.25, -0.2) is 0 Å². The molecule has 0 bridgehead atoms. The highest BCUT2D eigenvalue weighted by Gasteiger charge is 2.26. The van der Waals surface area contributed by atoms with Gasteiger partial charge in [0.2, 0.25) is 0 Å². The van der Waals surface area contributed by atoms with E-state index in [1.54, 1.807) is 12.0 Å². The highest BCUT2D eigenvalue weighted by molar-refractivity contribution is 6.30. The normalized spacial score (nSPS) is 16.6. The molecule has 0 spiro atoms. The minimum Gasteiger partial charge on any atom is -0.875 e. The second kappa shape index (κ2) is 6.75. The van der Waals surface area contributed by atoms with Gasteiger partial charge < -0.3 is 19.8 Å². The van der Waals surface area contributed by atoms with E-state index in [0.29, 0.717) is 17.2 Å². The van der Waals surface area contributed by atoms with Gasteiger partial charge in [-0.3, -0.25) is 0 Å². The molecule has 1 unspecified atom stereocenters. The van der Waals surface area contributed by atoms with E-state index >= 15 is 0 Å². The van der Waals surface area contributed by atoms with Crippen molar-refractivity contribution in [3.8, 4) is 16.9 Å². The number of fused-ring (bicyclic) bond motifs is 1. The van der Waals surface area contributed by atoms with Crippen LogP contribution in [0.3, 0.4) is 0 Å². The van der Waals surface area contributed by atoms with Crippen molar-refractivity contribution >= 4 is 17.3 Å². The summed E-state index contributed by atoms with van der Waals surface area (Å²) in [5.74, 6) is 0.453. The summed E-state index contributed by atoms with van der Waals surface area (Å²) in [4.78, 5) is 1.68. The summed E-state index contributed by atoms with van der Waals surface area (Å²) < 4.78 is 5.54. The zero-order chi connectivity index (χ0) is 17.3. The lowest BCUT2D eigenvalue weighted by Gasteiger charge is -2.38. The molecule has 0 saturated heterocycles. The molecule has 3 rings (SSSR count). The fraction of sp³-hybridized carbons (Fsp3) is 0.263. The van der Waals surface area contributed by atoms with Crippen LogP contribution in [0.1, 0.15) is 12.0 Å². The monoisotopic (exact) mass is 344 g/mol. The van der Waals surface area contributed by atoms with Crippen molar-refractivity contribution in [2.45, 2.75) is 19.1 Å².